The summed E-state index contributed by atoms with van der Waals surface area (Å²) in [6, 6.07) is 10.4. The molecule has 1 aromatic heterocycles. The van der Waals surface area contributed by atoms with E-state index in [1.165, 1.54) is 12.5 Å². The van der Waals surface area contributed by atoms with Gasteiger partial charge in [0.2, 0.25) is 0 Å². The second-order valence-corrected chi connectivity index (χ2v) is 6.92. The van der Waals surface area contributed by atoms with Crippen molar-refractivity contribution < 1.29 is 19.4 Å². The van der Waals surface area contributed by atoms with E-state index in [2.05, 4.69) is 20.6 Å². The van der Waals surface area contributed by atoms with Crippen LogP contribution in [0.15, 0.2) is 47.6 Å². The number of benzene rings is 1. The third-order valence-electron chi connectivity index (χ3n) is 4.62. The van der Waals surface area contributed by atoms with Gasteiger partial charge in [0.15, 0.2) is 5.82 Å². The zero-order valence-corrected chi connectivity index (χ0v) is 18.6. The number of rotatable bonds is 13. The number of hydrogen-bond acceptors (Lipinski definition) is 7. The summed E-state index contributed by atoms with van der Waals surface area (Å²) in [5.74, 6) is 0.0238. The second kappa shape index (κ2) is 13.9. The topological polar surface area (TPSA) is 116 Å². The molecule has 2 rings (SSSR count). The van der Waals surface area contributed by atoms with E-state index in [1.807, 2.05) is 13.0 Å². The standard InChI is InChI=1S/C23H31N5O4/c1-3-28(12-8-13-29)23(31)19-15-20(21(25-16-19)24-11-7-14-32-2)26-17-27-22(30)18-9-5-4-6-10-18/h4-6,9-10,15-17,29H,3,7-8,11-14H2,1-2H3,(H,24,25)(H,26,27,30). The van der Waals surface area contributed by atoms with Gasteiger partial charge in [-0.2, -0.15) is 0 Å². The largest absolute Gasteiger partial charge is 0.396 e. The number of nitrogens with one attached hydrogen (secondary N) is 2. The zero-order valence-electron chi connectivity index (χ0n) is 18.6. The molecule has 0 bridgehead atoms. The maximum absolute atomic E-state index is 12.9. The molecule has 0 radical (unpaired) electrons. The summed E-state index contributed by atoms with van der Waals surface area (Å²) in [5, 5.41) is 14.9. The minimum Gasteiger partial charge on any atom is -0.396 e. The molecule has 9 nitrogen and oxygen atoms in total. The van der Waals surface area contributed by atoms with Crippen LogP contribution in [-0.2, 0) is 4.74 Å². The monoisotopic (exact) mass is 441 g/mol. The lowest BCUT2D eigenvalue weighted by molar-refractivity contribution is 0.0753. The van der Waals surface area contributed by atoms with Crippen molar-refractivity contribution in [2.75, 3.05) is 45.3 Å². The highest BCUT2D eigenvalue weighted by Gasteiger charge is 2.16. The van der Waals surface area contributed by atoms with Crippen molar-refractivity contribution in [3.05, 3.63) is 53.7 Å². The van der Waals surface area contributed by atoms with Crippen LogP contribution in [0.5, 0.6) is 0 Å². The number of nitrogens with zero attached hydrogens (tertiary/aromatic N) is 3. The Labute approximate surface area is 188 Å². The van der Waals surface area contributed by atoms with Crippen molar-refractivity contribution >= 4 is 29.7 Å². The fraction of sp³-hybridized carbons (Fsp3) is 0.391. The third-order valence-corrected chi connectivity index (χ3v) is 4.62. The highest BCUT2D eigenvalue weighted by molar-refractivity contribution is 6.01. The molecule has 1 aromatic carbocycles. The van der Waals surface area contributed by atoms with Gasteiger partial charge in [0.1, 0.15) is 5.69 Å². The smallest absolute Gasteiger partial charge is 0.256 e. The summed E-state index contributed by atoms with van der Waals surface area (Å²) in [6.45, 7) is 4.09. The molecule has 1 heterocycles. The Kier molecular flexibility index (Phi) is 10.8. The van der Waals surface area contributed by atoms with Crippen molar-refractivity contribution in [1.29, 1.82) is 0 Å². The molecule has 0 spiro atoms. The predicted octanol–water partition coefficient (Wildman–Crippen LogP) is 2.46. The Balaban J connectivity index is 2.19. The summed E-state index contributed by atoms with van der Waals surface area (Å²) in [4.78, 5) is 35.5. The number of pyridine rings is 1. The van der Waals surface area contributed by atoms with Gasteiger partial charge in [0.05, 0.1) is 11.9 Å². The van der Waals surface area contributed by atoms with Crippen LogP contribution >= 0.6 is 0 Å². The quantitative estimate of drug-likeness (QED) is 0.250. The van der Waals surface area contributed by atoms with Gasteiger partial charge in [-0.15, -0.1) is 0 Å². The number of hydrogen-bond donors (Lipinski definition) is 3. The van der Waals surface area contributed by atoms with E-state index < -0.39 is 0 Å². The van der Waals surface area contributed by atoms with Crippen LogP contribution in [0.4, 0.5) is 11.5 Å². The molecule has 0 aliphatic heterocycles. The number of aliphatic hydroxyl groups excluding tert-OH is 1. The normalized spacial score (nSPS) is 10.8. The lowest BCUT2D eigenvalue weighted by atomic mass is 10.2. The molecule has 0 aliphatic carbocycles. The van der Waals surface area contributed by atoms with Gasteiger partial charge in [-0.1, -0.05) is 18.2 Å². The van der Waals surface area contributed by atoms with Crippen LogP contribution in [0.2, 0.25) is 0 Å². The molecule has 2 amide bonds. The average Bonchev–Trinajstić information content (AvgIpc) is 2.83. The van der Waals surface area contributed by atoms with Crippen molar-refractivity contribution in [3.8, 4) is 0 Å². The number of amides is 2. The number of methoxy groups -OCH3 is 1. The van der Waals surface area contributed by atoms with Crippen LogP contribution in [0.1, 0.15) is 40.5 Å². The van der Waals surface area contributed by atoms with E-state index in [0.29, 0.717) is 55.3 Å². The highest BCUT2D eigenvalue weighted by atomic mass is 16.5. The Bertz CT molecular complexity index is 889. The summed E-state index contributed by atoms with van der Waals surface area (Å²) < 4.78 is 5.06. The Morgan fingerprint density at radius 3 is 2.69 bits per heavy atom. The van der Waals surface area contributed by atoms with Crippen LogP contribution in [0.25, 0.3) is 0 Å². The molecule has 32 heavy (non-hydrogen) atoms. The van der Waals surface area contributed by atoms with Gasteiger partial charge in [-0.3, -0.25) is 9.59 Å². The summed E-state index contributed by atoms with van der Waals surface area (Å²) in [7, 11) is 1.64. The first kappa shape index (κ1) is 25.0. The number of aliphatic hydroxyl groups is 1. The van der Waals surface area contributed by atoms with E-state index >= 15 is 0 Å². The molecule has 2 aromatic rings. The van der Waals surface area contributed by atoms with Gasteiger partial charge >= 0.3 is 0 Å². The number of ether oxygens (including phenoxy) is 1. The zero-order chi connectivity index (χ0) is 23.2. The first-order valence-corrected chi connectivity index (χ1v) is 10.6. The van der Waals surface area contributed by atoms with Crippen molar-refractivity contribution in [1.82, 2.24) is 15.2 Å². The second-order valence-electron chi connectivity index (χ2n) is 6.92. The van der Waals surface area contributed by atoms with Crippen molar-refractivity contribution in [2.24, 2.45) is 4.99 Å². The molecule has 0 saturated carbocycles. The van der Waals surface area contributed by atoms with Crippen LogP contribution in [0, 0.1) is 0 Å². The fourth-order valence-corrected chi connectivity index (χ4v) is 2.91. The molecule has 3 N–H and O–H groups in total. The van der Waals surface area contributed by atoms with Gasteiger partial charge in [-0.25, -0.2) is 9.98 Å². The van der Waals surface area contributed by atoms with Crippen LogP contribution in [-0.4, -0.2) is 73.1 Å². The molecule has 0 unspecified atom stereocenters. The molecule has 0 atom stereocenters. The van der Waals surface area contributed by atoms with Gasteiger partial charge in [0, 0.05) is 51.7 Å². The first-order chi connectivity index (χ1) is 15.6. The summed E-state index contributed by atoms with van der Waals surface area (Å²) in [6.07, 6.45) is 4.08. The summed E-state index contributed by atoms with van der Waals surface area (Å²) in [5.41, 5.74) is 1.33. The lowest BCUT2D eigenvalue weighted by Crippen LogP contribution is -2.32. The molecule has 0 aliphatic rings. The fourth-order valence-electron chi connectivity index (χ4n) is 2.91. The molecule has 0 saturated heterocycles. The van der Waals surface area contributed by atoms with Crippen LogP contribution in [0.3, 0.4) is 0 Å². The number of aliphatic imine (C=N–C) groups is 1. The van der Waals surface area contributed by atoms with Gasteiger partial charge < -0.3 is 25.4 Å². The average molecular weight is 442 g/mol. The van der Waals surface area contributed by atoms with Gasteiger partial charge in [0.25, 0.3) is 11.8 Å². The molecule has 0 fully saturated rings. The lowest BCUT2D eigenvalue weighted by Gasteiger charge is -2.20. The minimum absolute atomic E-state index is 0.0169. The van der Waals surface area contributed by atoms with Gasteiger partial charge in [-0.05, 0) is 38.0 Å². The third kappa shape index (κ3) is 7.75. The van der Waals surface area contributed by atoms with E-state index in [9.17, 15) is 9.59 Å². The molecular weight excluding hydrogens is 410 g/mol. The Morgan fingerprint density at radius 1 is 1.22 bits per heavy atom. The molecular formula is C23H31N5O4. The SMILES string of the molecule is CCN(CCCO)C(=O)c1cnc(NCCCOC)c(N=CNC(=O)c2ccccc2)c1. The highest BCUT2D eigenvalue weighted by Crippen LogP contribution is 2.24. The predicted molar refractivity (Wildman–Crippen MR) is 125 cm³/mol. The Hall–Kier alpha value is -3.30. The number of aromatic nitrogens is 1. The first-order valence-electron chi connectivity index (χ1n) is 10.6. The maximum Gasteiger partial charge on any atom is 0.256 e. The van der Waals surface area contributed by atoms with Crippen molar-refractivity contribution in [3.63, 3.8) is 0 Å². The minimum atomic E-state index is -0.287. The van der Waals surface area contributed by atoms with E-state index in [4.69, 9.17) is 9.84 Å². The number of anilines is 1. The number of carbonyl (C=O) groups excluding carboxylic acids is 2. The molecule has 172 valence electrons. The van der Waals surface area contributed by atoms with E-state index in [0.717, 1.165) is 6.42 Å². The van der Waals surface area contributed by atoms with Crippen molar-refractivity contribution in [2.45, 2.75) is 19.8 Å². The van der Waals surface area contributed by atoms with E-state index in [1.54, 1.807) is 42.3 Å². The summed E-state index contributed by atoms with van der Waals surface area (Å²) >= 11 is 0. The Morgan fingerprint density at radius 2 is 2.00 bits per heavy atom. The van der Waals surface area contributed by atoms with Crippen LogP contribution < -0.4 is 10.6 Å². The maximum atomic E-state index is 12.9. The number of carbonyl (C=O) groups is 2. The molecule has 9 heteroatoms. The van der Waals surface area contributed by atoms with E-state index in [-0.39, 0.29) is 18.4 Å².